The Kier molecular flexibility index (Phi) is 9.64. The van der Waals surface area contributed by atoms with Crippen molar-refractivity contribution in [1.82, 2.24) is 20.5 Å². The maximum absolute atomic E-state index is 12.1. The highest BCUT2D eigenvalue weighted by Crippen LogP contribution is 2.22. The quantitative estimate of drug-likeness (QED) is 0.234. The van der Waals surface area contributed by atoms with Crippen molar-refractivity contribution < 1.29 is 4.79 Å². The Balaban J connectivity index is 0.00000341. The largest absolute Gasteiger partial charge is 0.361 e. The number of H-pyrrole nitrogens is 1. The number of guanidine groups is 1. The molecule has 3 aromatic rings. The average Bonchev–Trinajstić information content (AvgIpc) is 3.14. The zero-order chi connectivity index (χ0) is 21.5. The summed E-state index contributed by atoms with van der Waals surface area (Å²) >= 11 is 6.12. The zero-order valence-corrected chi connectivity index (χ0v) is 21.1. The van der Waals surface area contributed by atoms with Gasteiger partial charge in [0.15, 0.2) is 5.96 Å². The van der Waals surface area contributed by atoms with Crippen LogP contribution in [0.25, 0.3) is 10.9 Å². The lowest BCUT2D eigenvalue weighted by atomic mass is 10.1. The highest BCUT2D eigenvalue weighted by Gasteiger charge is 2.08. The summed E-state index contributed by atoms with van der Waals surface area (Å²) in [6.07, 6.45) is 3.69. The lowest BCUT2D eigenvalue weighted by Crippen LogP contribution is -2.39. The van der Waals surface area contributed by atoms with Gasteiger partial charge in [0.25, 0.3) is 5.91 Å². The molecule has 0 radical (unpaired) electrons. The van der Waals surface area contributed by atoms with E-state index in [1.165, 1.54) is 5.56 Å². The van der Waals surface area contributed by atoms with E-state index in [-0.39, 0.29) is 29.9 Å². The van der Waals surface area contributed by atoms with Crippen LogP contribution in [-0.4, -0.2) is 56.0 Å². The van der Waals surface area contributed by atoms with E-state index in [1.54, 1.807) is 26.0 Å². The fourth-order valence-electron chi connectivity index (χ4n) is 3.34. The Morgan fingerprint density at radius 2 is 1.84 bits per heavy atom. The van der Waals surface area contributed by atoms with E-state index in [1.807, 2.05) is 48.7 Å². The number of nitrogens with zero attached hydrogens (tertiary/aromatic N) is 2. The zero-order valence-electron chi connectivity index (χ0n) is 18.0. The van der Waals surface area contributed by atoms with Crippen molar-refractivity contribution in [2.24, 2.45) is 4.99 Å². The number of fused-ring (bicyclic) bond motifs is 1. The maximum Gasteiger partial charge on any atom is 0.253 e. The van der Waals surface area contributed by atoms with E-state index in [0.717, 1.165) is 53.4 Å². The van der Waals surface area contributed by atoms with E-state index >= 15 is 0 Å². The lowest BCUT2D eigenvalue weighted by molar-refractivity contribution is 0.0827. The van der Waals surface area contributed by atoms with Crippen LogP contribution < -0.4 is 10.6 Å². The first-order chi connectivity index (χ1) is 14.5. The van der Waals surface area contributed by atoms with Gasteiger partial charge in [0.2, 0.25) is 0 Å². The Morgan fingerprint density at radius 3 is 2.55 bits per heavy atom. The third-order valence-corrected chi connectivity index (χ3v) is 5.16. The number of rotatable bonds is 7. The molecule has 0 atom stereocenters. The molecule has 2 aromatic carbocycles. The predicted molar refractivity (Wildman–Crippen MR) is 140 cm³/mol. The van der Waals surface area contributed by atoms with Gasteiger partial charge < -0.3 is 20.5 Å². The minimum absolute atomic E-state index is 0. The first-order valence-corrected chi connectivity index (χ1v) is 10.4. The third-order valence-electron chi connectivity index (χ3n) is 4.93. The maximum atomic E-state index is 12.1. The summed E-state index contributed by atoms with van der Waals surface area (Å²) < 4.78 is 0. The molecule has 0 spiro atoms. The van der Waals surface area contributed by atoms with Gasteiger partial charge in [0.1, 0.15) is 0 Å². The van der Waals surface area contributed by atoms with Crippen LogP contribution in [0.3, 0.4) is 0 Å². The van der Waals surface area contributed by atoms with Crippen LogP contribution in [0, 0.1) is 0 Å². The molecule has 0 fully saturated rings. The van der Waals surface area contributed by atoms with Gasteiger partial charge >= 0.3 is 0 Å². The molecule has 0 saturated heterocycles. The van der Waals surface area contributed by atoms with Crippen molar-refractivity contribution in [2.75, 3.05) is 34.2 Å². The number of benzene rings is 2. The minimum atomic E-state index is 0. The first-order valence-electron chi connectivity index (χ1n) is 9.98. The number of aliphatic imine (C=N–C) groups is 1. The van der Waals surface area contributed by atoms with Crippen LogP contribution in [0.15, 0.2) is 53.7 Å². The van der Waals surface area contributed by atoms with Gasteiger partial charge in [-0.25, -0.2) is 0 Å². The van der Waals surface area contributed by atoms with Crippen molar-refractivity contribution in [3.8, 4) is 0 Å². The van der Waals surface area contributed by atoms with Crippen LogP contribution >= 0.6 is 35.6 Å². The summed E-state index contributed by atoms with van der Waals surface area (Å²) in [6, 6.07) is 13.6. The highest BCUT2D eigenvalue weighted by atomic mass is 127. The Morgan fingerprint density at radius 1 is 1.10 bits per heavy atom. The first kappa shape index (κ1) is 25.0. The molecule has 3 rings (SSSR count). The second-order valence-corrected chi connectivity index (χ2v) is 7.77. The third kappa shape index (κ3) is 6.87. The summed E-state index contributed by atoms with van der Waals surface area (Å²) in [5.41, 5.74) is 4.13. The number of hydrogen-bond acceptors (Lipinski definition) is 2. The summed E-state index contributed by atoms with van der Waals surface area (Å²) in [5.74, 6) is 0.772. The molecular formula is C23H29ClIN5O. The second kappa shape index (κ2) is 12.0. The number of carbonyl (C=O) groups is 1. The molecule has 0 aliphatic rings. The van der Waals surface area contributed by atoms with Crippen molar-refractivity contribution in [1.29, 1.82) is 0 Å². The molecule has 0 aliphatic carbocycles. The van der Waals surface area contributed by atoms with Crippen LogP contribution in [0.5, 0.6) is 0 Å². The smallest absolute Gasteiger partial charge is 0.253 e. The van der Waals surface area contributed by atoms with Crippen LogP contribution in [0.2, 0.25) is 5.02 Å². The molecule has 0 bridgehead atoms. The van der Waals surface area contributed by atoms with Crippen LogP contribution in [0.1, 0.15) is 21.5 Å². The SMILES string of the molecule is CN=C(NCCc1cccc(C(=O)N(C)C)c1)NCCc1c[nH]c2ccc(Cl)cc12.I. The fourth-order valence-corrected chi connectivity index (χ4v) is 3.51. The number of amides is 1. The number of carbonyl (C=O) groups excluding carboxylic acids is 1. The van der Waals surface area contributed by atoms with Gasteiger partial charge in [0.05, 0.1) is 0 Å². The van der Waals surface area contributed by atoms with Crippen molar-refractivity contribution in [3.05, 3.63) is 70.4 Å². The predicted octanol–water partition coefficient (Wildman–Crippen LogP) is 4.09. The molecule has 1 amide bonds. The molecule has 1 heterocycles. The van der Waals surface area contributed by atoms with E-state index in [4.69, 9.17) is 11.6 Å². The van der Waals surface area contributed by atoms with Gasteiger partial charge in [-0.15, -0.1) is 24.0 Å². The monoisotopic (exact) mass is 553 g/mol. The fraction of sp³-hybridized carbons (Fsp3) is 0.304. The van der Waals surface area contributed by atoms with Gasteiger partial charge in [-0.05, 0) is 54.3 Å². The summed E-state index contributed by atoms with van der Waals surface area (Å²) in [7, 11) is 5.28. The van der Waals surface area contributed by atoms with Crippen LogP contribution in [0.4, 0.5) is 0 Å². The molecule has 3 N–H and O–H groups in total. The summed E-state index contributed by atoms with van der Waals surface area (Å²) in [5, 5.41) is 8.57. The topological polar surface area (TPSA) is 72.5 Å². The normalized spacial score (nSPS) is 11.2. The Bertz CT molecular complexity index is 1050. The average molecular weight is 554 g/mol. The standard InChI is InChI=1S/C23H28ClN5O.HI/c1-25-23(26-11-9-16-5-4-6-17(13-16)22(30)29(2)3)27-12-10-18-15-28-21-8-7-19(24)14-20(18)21;/h4-8,13-15,28H,9-12H2,1-3H3,(H2,25,26,27);1H. The van der Waals surface area contributed by atoms with E-state index in [2.05, 4.69) is 20.6 Å². The van der Waals surface area contributed by atoms with E-state index < -0.39 is 0 Å². The lowest BCUT2D eigenvalue weighted by Gasteiger charge is -2.13. The van der Waals surface area contributed by atoms with Gasteiger partial charge in [-0.2, -0.15) is 0 Å². The number of hydrogen-bond donors (Lipinski definition) is 3. The molecule has 1 aromatic heterocycles. The Labute approximate surface area is 205 Å². The molecule has 0 saturated carbocycles. The van der Waals surface area contributed by atoms with Crippen LogP contribution in [-0.2, 0) is 12.8 Å². The number of aromatic nitrogens is 1. The molecule has 6 nitrogen and oxygen atoms in total. The molecule has 8 heteroatoms. The van der Waals surface area contributed by atoms with Gasteiger partial charge in [-0.3, -0.25) is 9.79 Å². The molecule has 166 valence electrons. The molecule has 31 heavy (non-hydrogen) atoms. The number of halogens is 2. The van der Waals surface area contributed by atoms with Crippen molar-refractivity contribution in [3.63, 3.8) is 0 Å². The van der Waals surface area contributed by atoms with Gasteiger partial charge in [-0.1, -0.05) is 23.7 Å². The van der Waals surface area contributed by atoms with E-state index in [0.29, 0.717) is 5.56 Å². The van der Waals surface area contributed by atoms with Gasteiger partial charge in [0, 0.05) is 61.9 Å². The molecule has 0 unspecified atom stereocenters. The van der Waals surface area contributed by atoms with Crippen molar-refractivity contribution >= 4 is 58.3 Å². The summed E-state index contributed by atoms with van der Waals surface area (Å²) in [6.45, 7) is 1.48. The Hall–Kier alpha value is -2.26. The highest BCUT2D eigenvalue weighted by molar-refractivity contribution is 14.0. The number of aromatic amines is 1. The number of nitrogens with one attached hydrogen (secondary N) is 3. The van der Waals surface area contributed by atoms with E-state index in [9.17, 15) is 4.79 Å². The second-order valence-electron chi connectivity index (χ2n) is 7.33. The summed E-state index contributed by atoms with van der Waals surface area (Å²) in [4.78, 5) is 21.3. The minimum Gasteiger partial charge on any atom is -0.361 e. The molecule has 0 aliphatic heterocycles. The van der Waals surface area contributed by atoms with Crippen molar-refractivity contribution in [2.45, 2.75) is 12.8 Å². The molecular weight excluding hydrogens is 525 g/mol.